The Hall–Kier alpha value is -1.09. The highest BCUT2D eigenvalue weighted by Gasteiger charge is 2.55. The molecule has 3 heteroatoms. The van der Waals surface area contributed by atoms with Crippen LogP contribution in [0.25, 0.3) is 0 Å². The van der Waals surface area contributed by atoms with Gasteiger partial charge in [-0.2, -0.15) is 0 Å². The SMILES string of the molecule is CC(=O)OC1=CC2=CC[C@@H]3[C@H](CC[C@]4(C)C(O)CC[C@@H]34)[C@H]2CC1. The molecule has 0 bridgehead atoms. The molecular weight excluding hydrogens is 288 g/mol. The summed E-state index contributed by atoms with van der Waals surface area (Å²) < 4.78 is 5.32. The summed E-state index contributed by atoms with van der Waals surface area (Å²) in [5, 5.41) is 10.5. The Morgan fingerprint density at radius 1 is 1.26 bits per heavy atom. The zero-order chi connectivity index (χ0) is 16.2. The predicted molar refractivity (Wildman–Crippen MR) is 88.3 cm³/mol. The van der Waals surface area contributed by atoms with Gasteiger partial charge < -0.3 is 9.84 Å². The number of aliphatic hydroxyl groups excluding tert-OH is 1. The third-order valence-electron chi connectivity index (χ3n) is 7.32. The Bertz CT molecular complexity index is 575. The van der Waals surface area contributed by atoms with Crippen molar-refractivity contribution in [3.05, 3.63) is 23.5 Å². The van der Waals surface area contributed by atoms with Crippen LogP contribution in [-0.2, 0) is 9.53 Å². The maximum atomic E-state index is 11.2. The number of aliphatic hydroxyl groups is 1. The van der Waals surface area contributed by atoms with Gasteiger partial charge in [0.05, 0.1) is 6.10 Å². The quantitative estimate of drug-likeness (QED) is 0.744. The average Bonchev–Trinajstić information content (AvgIpc) is 2.82. The van der Waals surface area contributed by atoms with Crippen LogP contribution in [0.4, 0.5) is 0 Å². The van der Waals surface area contributed by atoms with Gasteiger partial charge in [-0.05, 0) is 79.3 Å². The van der Waals surface area contributed by atoms with Crippen LogP contribution in [0.1, 0.15) is 58.8 Å². The molecule has 0 saturated heterocycles. The number of rotatable bonds is 1. The van der Waals surface area contributed by atoms with Crippen LogP contribution < -0.4 is 0 Å². The van der Waals surface area contributed by atoms with Crippen molar-refractivity contribution in [2.75, 3.05) is 0 Å². The molecule has 0 spiro atoms. The second kappa shape index (κ2) is 5.47. The van der Waals surface area contributed by atoms with Crippen LogP contribution in [0.3, 0.4) is 0 Å². The molecule has 4 aliphatic carbocycles. The van der Waals surface area contributed by atoms with E-state index in [1.165, 1.54) is 31.8 Å². The molecule has 0 amide bonds. The summed E-state index contributed by atoms with van der Waals surface area (Å²) in [6.07, 6.45) is 12.2. The second-order valence-corrected chi connectivity index (χ2v) is 8.36. The fourth-order valence-corrected chi connectivity index (χ4v) is 6.17. The van der Waals surface area contributed by atoms with Gasteiger partial charge in [0.25, 0.3) is 0 Å². The van der Waals surface area contributed by atoms with Crippen molar-refractivity contribution in [2.45, 2.75) is 64.9 Å². The summed E-state index contributed by atoms with van der Waals surface area (Å²) in [6, 6.07) is 0. The number of hydrogen-bond acceptors (Lipinski definition) is 3. The highest BCUT2D eigenvalue weighted by atomic mass is 16.5. The molecule has 4 rings (SSSR count). The lowest BCUT2D eigenvalue weighted by Crippen LogP contribution is -2.46. The third kappa shape index (κ3) is 2.39. The molecule has 0 radical (unpaired) electrons. The molecule has 6 atom stereocenters. The van der Waals surface area contributed by atoms with Crippen LogP contribution in [0.2, 0.25) is 0 Å². The van der Waals surface area contributed by atoms with Crippen LogP contribution in [-0.4, -0.2) is 17.2 Å². The van der Waals surface area contributed by atoms with Gasteiger partial charge in [0, 0.05) is 13.3 Å². The first-order chi connectivity index (χ1) is 11.0. The first kappa shape index (κ1) is 15.4. The van der Waals surface area contributed by atoms with Crippen LogP contribution in [0.15, 0.2) is 23.5 Å². The Kier molecular flexibility index (Phi) is 3.67. The van der Waals surface area contributed by atoms with E-state index >= 15 is 0 Å². The fraction of sp³-hybridized carbons (Fsp3) is 0.750. The molecular formula is C20H28O3. The minimum Gasteiger partial charge on any atom is -0.431 e. The normalized spacial score (nSPS) is 45.3. The molecule has 1 N–H and O–H groups in total. The van der Waals surface area contributed by atoms with E-state index < -0.39 is 0 Å². The van der Waals surface area contributed by atoms with E-state index in [1.54, 1.807) is 0 Å². The average molecular weight is 316 g/mol. The van der Waals surface area contributed by atoms with Gasteiger partial charge in [0.1, 0.15) is 5.76 Å². The monoisotopic (exact) mass is 316 g/mol. The molecule has 0 heterocycles. The molecule has 1 unspecified atom stereocenters. The largest absolute Gasteiger partial charge is 0.431 e. The first-order valence-corrected chi connectivity index (χ1v) is 9.26. The lowest BCUT2D eigenvalue weighted by atomic mass is 9.53. The molecule has 0 aliphatic heterocycles. The Balaban J connectivity index is 1.58. The zero-order valence-corrected chi connectivity index (χ0v) is 14.3. The molecule has 2 saturated carbocycles. The van der Waals surface area contributed by atoms with E-state index in [1.807, 2.05) is 0 Å². The van der Waals surface area contributed by atoms with Gasteiger partial charge >= 0.3 is 5.97 Å². The summed E-state index contributed by atoms with van der Waals surface area (Å²) in [5.74, 6) is 3.45. The summed E-state index contributed by atoms with van der Waals surface area (Å²) >= 11 is 0. The minimum absolute atomic E-state index is 0.0966. The van der Waals surface area contributed by atoms with Crippen LogP contribution >= 0.6 is 0 Å². The molecule has 0 aromatic rings. The summed E-state index contributed by atoms with van der Waals surface area (Å²) in [5.41, 5.74) is 1.55. The number of carbonyl (C=O) groups excluding carboxylic acids is 1. The smallest absolute Gasteiger partial charge is 0.307 e. The second-order valence-electron chi connectivity index (χ2n) is 8.36. The van der Waals surface area contributed by atoms with E-state index in [0.717, 1.165) is 43.3 Å². The Morgan fingerprint density at radius 2 is 2.09 bits per heavy atom. The maximum absolute atomic E-state index is 11.2. The lowest BCUT2D eigenvalue weighted by Gasteiger charge is -2.52. The van der Waals surface area contributed by atoms with Gasteiger partial charge in [-0.1, -0.05) is 13.0 Å². The van der Waals surface area contributed by atoms with Gasteiger partial charge in [-0.15, -0.1) is 0 Å². The number of carbonyl (C=O) groups is 1. The van der Waals surface area contributed by atoms with Crippen molar-refractivity contribution >= 4 is 5.97 Å². The maximum Gasteiger partial charge on any atom is 0.307 e. The van der Waals surface area contributed by atoms with Gasteiger partial charge in [0.15, 0.2) is 0 Å². The van der Waals surface area contributed by atoms with Gasteiger partial charge in [-0.3, -0.25) is 4.79 Å². The number of fused-ring (bicyclic) bond motifs is 5. The first-order valence-electron chi connectivity index (χ1n) is 9.26. The van der Waals surface area contributed by atoms with Crippen molar-refractivity contribution < 1.29 is 14.6 Å². The molecule has 0 aromatic heterocycles. The topological polar surface area (TPSA) is 46.5 Å². The third-order valence-corrected chi connectivity index (χ3v) is 7.32. The van der Waals surface area contributed by atoms with Crippen LogP contribution in [0.5, 0.6) is 0 Å². The zero-order valence-electron chi connectivity index (χ0n) is 14.3. The molecule has 23 heavy (non-hydrogen) atoms. The Labute approximate surface area is 138 Å². The van der Waals surface area contributed by atoms with Crippen molar-refractivity contribution in [3.63, 3.8) is 0 Å². The van der Waals surface area contributed by atoms with Crippen molar-refractivity contribution in [1.82, 2.24) is 0 Å². The standard InChI is InChI=1S/C20H28O3/c1-12(21)23-14-4-6-15-13(11-14)3-5-17-16(15)9-10-20(2)18(17)7-8-19(20)22/h3,11,15-19,22H,4-10H2,1-2H3/t15-,16+,17+,18-,19?,20-/m0/s1. The fourth-order valence-electron chi connectivity index (χ4n) is 6.17. The van der Waals surface area contributed by atoms with Crippen LogP contribution in [0, 0.1) is 29.1 Å². The lowest BCUT2D eigenvalue weighted by molar-refractivity contribution is -0.137. The minimum atomic E-state index is -0.211. The van der Waals surface area contributed by atoms with Crippen molar-refractivity contribution in [3.8, 4) is 0 Å². The van der Waals surface area contributed by atoms with Gasteiger partial charge in [-0.25, -0.2) is 0 Å². The number of allylic oxidation sites excluding steroid dienone is 4. The van der Waals surface area contributed by atoms with Crippen molar-refractivity contribution in [1.29, 1.82) is 0 Å². The van der Waals surface area contributed by atoms with Crippen molar-refractivity contribution in [2.24, 2.45) is 29.1 Å². The molecule has 0 aromatic carbocycles. The van der Waals surface area contributed by atoms with E-state index in [9.17, 15) is 9.90 Å². The number of ether oxygens (including phenoxy) is 1. The van der Waals surface area contributed by atoms with E-state index in [4.69, 9.17) is 4.74 Å². The highest BCUT2D eigenvalue weighted by molar-refractivity contribution is 5.67. The Morgan fingerprint density at radius 3 is 2.87 bits per heavy atom. The summed E-state index contributed by atoms with van der Waals surface area (Å²) in [6.45, 7) is 3.80. The predicted octanol–water partition coefficient (Wildman–Crippen LogP) is 3.98. The van der Waals surface area contributed by atoms with E-state index in [-0.39, 0.29) is 17.5 Å². The summed E-state index contributed by atoms with van der Waals surface area (Å²) in [7, 11) is 0. The molecule has 2 fully saturated rings. The molecule has 126 valence electrons. The van der Waals surface area contributed by atoms with E-state index in [2.05, 4.69) is 19.1 Å². The highest BCUT2D eigenvalue weighted by Crippen LogP contribution is 2.61. The summed E-state index contributed by atoms with van der Waals surface area (Å²) in [4.78, 5) is 11.2. The number of esters is 1. The van der Waals surface area contributed by atoms with E-state index in [0.29, 0.717) is 11.8 Å². The molecule has 4 aliphatic rings. The molecule has 3 nitrogen and oxygen atoms in total. The number of hydrogen-bond donors (Lipinski definition) is 1. The van der Waals surface area contributed by atoms with Gasteiger partial charge in [0.2, 0.25) is 0 Å².